The van der Waals surface area contributed by atoms with Crippen LogP contribution in [0.3, 0.4) is 0 Å². The standard InChI is InChI=1S/C12H10.C4H3NO2/c1-3-7-11(8-4-1)12-9-5-2-6-10-12;6-3-1-2-4(7)5-3/h1-10H;1-2H,(H,5,6,7). The maximum absolute atomic E-state index is 10.0. The number of hydrogen-bond acceptors (Lipinski definition) is 2. The van der Waals surface area contributed by atoms with Crippen LogP contribution in [0.5, 0.6) is 0 Å². The van der Waals surface area contributed by atoms with E-state index in [-0.39, 0.29) is 11.8 Å². The van der Waals surface area contributed by atoms with Gasteiger partial charge in [0.25, 0.3) is 11.8 Å². The normalized spacial score (nSPS) is 12.6. The first kappa shape index (κ1) is 12.8. The molecule has 0 bridgehead atoms. The Bertz CT molecular complexity index is 535. The molecule has 3 nitrogen and oxygen atoms in total. The summed E-state index contributed by atoms with van der Waals surface area (Å²) in [5.74, 6) is -0.657. The molecule has 3 heteroatoms. The smallest absolute Gasteiger partial charge is 0.250 e. The summed E-state index contributed by atoms with van der Waals surface area (Å²) < 4.78 is 0. The molecule has 94 valence electrons. The molecule has 2 amide bonds. The zero-order chi connectivity index (χ0) is 13.5. The van der Waals surface area contributed by atoms with Crippen molar-refractivity contribution in [1.29, 1.82) is 0 Å². The average molecular weight is 251 g/mol. The molecule has 19 heavy (non-hydrogen) atoms. The number of nitrogens with one attached hydrogen (secondary N) is 1. The third-order valence-corrected chi connectivity index (χ3v) is 2.51. The number of benzene rings is 2. The molecule has 0 saturated heterocycles. The third kappa shape index (κ3) is 3.92. The highest BCUT2D eigenvalue weighted by molar-refractivity contribution is 6.12. The lowest BCUT2D eigenvalue weighted by molar-refractivity contribution is -0.123. The molecule has 0 spiro atoms. The van der Waals surface area contributed by atoms with E-state index < -0.39 is 0 Å². The monoisotopic (exact) mass is 251 g/mol. The minimum Gasteiger partial charge on any atom is -0.289 e. The molecule has 0 aliphatic carbocycles. The molecule has 0 aromatic heterocycles. The van der Waals surface area contributed by atoms with E-state index in [0.717, 1.165) is 0 Å². The van der Waals surface area contributed by atoms with Gasteiger partial charge in [-0.05, 0) is 11.1 Å². The van der Waals surface area contributed by atoms with Gasteiger partial charge in [0.2, 0.25) is 0 Å². The summed E-state index contributed by atoms with van der Waals surface area (Å²) in [6, 6.07) is 20.8. The van der Waals surface area contributed by atoms with Crippen molar-refractivity contribution in [3.8, 4) is 11.1 Å². The number of hydrogen-bond donors (Lipinski definition) is 1. The summed E-state index contributed by atoms with van der Waals surface area (Å²) in [6.07, 6.45) is 2.39. The van der Waals surface area contributed by atoms with Crippen molar-refractivity contribution in [2.24, 2.45) is 0 Å². The molecule has 1 aliphatic rings. The molecular weight excluding hydrogens is 238 g/mol. The van der Waals surface area contributed by atoms with Gasteiger partial charge in [-0.2, -0.15) is 0 Å². The Kier molecular flexibility index (Phi) is 4.24. The van der Waals surface area contributed by atoms with Crippen LogP contribution in [0.25, 0.3) is 11.1 Å². The first-order valence-corrected chi connectivity index (χ1v) is 5.89. The second kappa shape index (κ2) is 6.31. The molecule has 3 rings (SSSR count). The molecular formula is C16H13NO2. The first-order valence-electron chi connectivity index (χ1n) is 5.89. The molecule has 1 N–H and O–H groups in total. The SMILES string of the molecule is O=C1C=CC(=O)N1.c1ccc(-c2ccccc2)cc1. The number of amides is 2. The lowest BCUT2D eigenvalue weighted by Crippen LogP contribution is -2.19. The van der Waals surface area contributed by atoms with E-state index >= 15 is 0 Å². The van der Waals surface area contributed by atoms with E-state index in [0.29, 0.717) is 0 Å². The fraction of sp³-hybridized carbons (Fsp3) is 0. The van der Waals surface area contributed by atoms with Gasteiger partial charge in [0, 0.05) is 12.2 Å². The maximum Gasteiger partial charge on any atom is 0.250 e. The predicted molar refractivity (Wildman–Crippen MR) is 74.2 cm³/mol. The van der Waals surface area contributed by atoms with Gasteiger partial charge in [0.15, 0.2) is 0 Å². The van der Waals surface area contributed by atoms with E-state index in [1.165, 1.54) is 23.3 Å². The summed E-state index contributed by atoms with van der Waals surface area (Å²) in [7, 11) is 0. The van der Waals surface area contributed by atoms with Crippen LogP contribution in [0.15, 0.2) is 72.8 Å². The van der Waals surface area contributed by atoms with Gasteiger partial charge in [-0.25, -0.2) is 0 Å². The average Bonchev–Trinajstić information content (AvgIpc) is 2.85. The van der Waals surface area contributed by atoms with Gasteiger partial charge in [-0.15, -0.1) is 0 Å². The van der Waals surface area contributed by atoms with E-state index in [1.54, 1.807) is 0 Å². The van der Waals surface area contributed by atoms with Crippen molar-refractivity contribution >= 4 is 11.8 Å². The maximum atomic E-state index is 10.0. The summed E-state index contributed by atoms with van der Waals surface area (Å²) in [6.45, 7) is 0. The zero-order valence-electron chi connectivity index (χ0n) is 10.2. The van der Waals surface area contributed by atoms with Crippen molar-refractivity contribution < 1.29 is 9.59 Å². The number of imide groups is 1. The first-order chi connectivity index (χ1) is 9.25. The van der Waals surface area contributed by atoms with Crippen molar-refractivity contribution in [3.05, 3.63) is 72.8 Å². The molecule has 0 fully saturated rings. The summed E-state index contributed by atoms with van der Waals surface area (Å²) in [5, 5.41) is 2.03. The van der Waals surface area contributed by atoms with Gasteiger partial charge in [-0.1, -0.05) is 60.7 Å². The van der Waals surface area contributed by atoms with Crippen LogP contribution in [-0.4, -0.2) is 11.8 Å². The van der Waals surface area contributed by atoms with E-state index in [9.17, 15) is 9.59 Å². The van der Waals surface area contributed by atoms with E-state index in [2.05, 4.69) is 48.5 Å². The van der Waals surface area contributed by atoms with Crippen LogP contribution < -0.4 is 5.32 Å². The van der Waals surface area contributed by atoms with Crippen LogP contribution in [0.2, 0.25) is 0 Å². The topological polar surface area (TPSA) is 46.2 Å². The fourth-order valence-electron chi connectivity index (χ4n) is 1.62. The Hall–Kier alpha value is -2.68. The molecule has 0 saturated carbocycles. The number of carbonyl (C=O) groups excluding carboxylic acids is 2. The Morgan fingerprint density at radius 3 is 1.21 bits per heavy atom. The zero-order valence-corrected chi connectivity index (χ0v) is 10.2. The van der Waals surface area contributed by atoms with Gasteiger partial charge in [-0.3, -0.25) is 14.9 Å². The summed E-state index contributed by atoms with van der Waals surface area (Å²) in [4.78, 5) is 20.1. The van der Waals surface area contributed by atoms with Gasteiger partial charge >= 0.3 is 0 Å². The molecule has 1 aliphatic heterocycles. The predicted octanol–water partition coefficient (Wildman–Crippen LogP) is 2.55. The highest BCUT2D eigenvalue weighted by Gasteiger charge is 2.06. The largest absolute Gasteiger partial charge is 0.289 e. The summed E-state index contributed by atoms with van der Waals surface area (Å²) >= 11 is 0. The lowest BCUT2D eigenvalue weighted by Gasteiger charge is -1.98. The van der Waals surface area contributed by atoms with Crippen molar-refractivity contribution in [2.75, 3.05) is 0 Å². The number of carbonyl (C=O) groups is 2. The molecule has 2 aromatic rings. The van der Waals surface area contributed by atoms with Crippen molar-refractivity contribution in [1.82, 2.24) is 5.32 Å². The second-order valence-corrected chi connectivity index (χ2v) is 3.92. The minimum atomic E-state index is -0.329. The highest BCUT2D eigenvalue weighted by atomic mass is 16.2. The van der Waals surface area contributed by atoms with Crippen LogP contribution in [0.4, 0.5) is 0 Å². The van der Waals surface area contributed by atoms with Crippen molar-refractivity contribution in [2.45, 2.75) is 0 Å². The molecule has 0 unspecified atom stereocenters. The van der Waals surface area contributed by atoms with Gasteiger partial charge < -0.3 is 0 Å². The van der Waals surface area contributed by atoms with Crippen LogP contribution in [0, 0.1) is 0 Å². The van der Waals surface area contributed by atoms with Crippen LogP contribution in [-0.2, 0) is 9.59 Å². The van der Waals surface area contributed by atoms with Crippen molar-refractivity contribution in [3.63, 3.8) is 0 Å². The Labute approximate surface area is 111 Å². The van der Waals surface area contributed by atoms with Gasteiger partial charge in [0.1, 0.15) is 0 Å². The highest BCUT2D eigenvalue weighted by Crippen LogP contribution is 2.17. The Morgan fingerprint density at radius 2 is 0.947 bits per heavy atom. The number of rotatable bonds is 1. The minimum absolute atomic E-state index is 0.329. The molecule has 1 heterocycles. The quantitative estimate of drug-likeness (QED) is 0.792. The van der Waals surface area contributed by atoms with Gasteiger partial charge in [0.05, 0.1) is 0 Å². The Balaban J connectivity index is 0.000000163. The molecule has 0 atom stereocenters. The lowest BCUT2D eigenvalue weighted by atomic mass is 10.1. The second-order valence-electron chi connectivity index (χ2n) is 3.92. The fourth-order valence-corrected chi connectivity index (χ4v) is 1.62. The van der Waals surface area contributed by atoms with Crippen LogP contribution in [0.1, 0.15) is 0 Å². The molecule has 0 radical (unpaired) electrons. The van der Waals surface area contributed by atoms with Crippen LogP contribution >= 0.6 is 0 Å². The van der Waals surface area contributed by atoms with E-state index in [4.69, 9.17) is 0 Å². The third-order valence-electron chi connectivity index (χ3n) is 2.51. The summed E-state index contributed by atoms with van der Waals surface area (Å²) in [5.41, 5.74) is 2.55. The Morgan fingerprint density at radius 1 is 0.579 bits per heavy atom. The van der Waals surface area contributed by atoms with E-state index in [1.807, 2.05) is 17.4 Å². The molecule has 2 aromatic carbocycles.